The standard InChI is InChI=1S/C11H15NO/c1-3-9-5-4-6-10(7-9)11(2,12)8-13/h3-7,13H,1,8,12H2,2H3/t11-/m0/s1. The van der Waals surface area contributed by atoms with Gasteiger partial charge >= 0.3 is 0 Å². The fraction of sp³-hybridized carbons (Fsp3) is 0.273. The molecule has 1 rings (SSSR count). The smallest absolute Gasteiger partial charge is 0.0650 e. The van der Waals surface area contributed by atoms with E-state index in [0.717, 1.165) is 11.1 Å². The van der Waals surface area contributed by atoms with E-state index in [1.165, 1.54) is 0 Å². The average Bonchev–Trinajstić information content (AvgIpc) is 2.18. The zero-order valence-corrected chi connectivity index (χ0v) is 7.83. The summed E-state index contributed by atoms with van der Waals surface area (Å²) in [5, 5.41) is 9.06. The lowest BCUT2D eigenvalue weighted by atomic mass is 9.93. The summed E-state index contributed by atoms with van der Waals surface area (Å²) in [7, 11) is 0. The van der Waals surface area contributed by atoms with Crippen LogP contribution < -0.4 is 5.73 Å². The lowest BCUT2D eigenvalue weighted by Crippen LogP contribution is -2.36. The van der Waals surface area contributed by atoms with Gasteiger partial charge in [0.2, 0.25) is 0 Å². The van der Waals surface area contributed by atoms with Crippen molar-refractivity contribution in [3.05, 3.63) is 42.0 Å². The Morgan fingerprint density at radius 2 is 2.31 bits per heavy atom. The van der Waals surface area contributed by atoms with Gasteiger partial charge in [0.1, 0.15) is 0 Å². The summed E-state index contributed by atoms with van der Waals surface area (Å²) in [5.41, 5.74) is 7.15. The van der Waals surface area contributed by atoms with Gasteiger partial charge in [-0.05, 0) is 24.1 Å². The van der Waals surface area contributed by atoms with E-state index in [1.54, 1.807) is 13.0 Å². The van der Waals surface area contributed by atoms with Crippen molar-refractivity contribution in [3.8, 4) is 0 Å². The average molecular weight is 177 g/mol. The van der Waals surface area contributed by atoms with Crippen molar-refractivity contribution in [2.75, 3.05) is 6.61 Å². The Morgan fingerprint density at radius 1 is 1.62 bits per heavy atom. The minimum atomic E-state index is -0.668. The van der Waals surface area contributed by atoms with Crippen LogP contribution in [0.25, 0.3) is 6.08 Å². The Hall–Kier alpha value is -1.12. The summed E-state index contributed by atoms with van der Waals surface area (Å²) in [4.78, 5) is 0. The van der Waals surface area contributed by atoms with E-state index in [-0.39, 0.29) is 6.61 Å². The first-order valence-corrected chi connectivity index (χ1v) is 4.23. The summed E-state index contributed by atoms with van der Waals surface area (Å²) in [5.74, 6) is 0. The van der Waals surface area contributed by atoms with Crippen molar-refractivity contribution in [2.24, 2.45) is 5.73 Å². The summed E-state index contributed by atoms with van der Waals surface area (Å²) in [6, 6.07) is 7.70. The number of aliphatic hydroxyl groups is 1. The molecule has 0 spiro atoms. The van der Waals surface area contributed by atoms with Crippen LogP contribution in [0, 0.1) is 0 Å². The Kier molecular flexibility index (Phi) is 2.86. The van der Waals surface area contributed by atoms with Gasteiger partial charge in [0.15, 0.2) is 0 Å². The monoisotopic (exact) mass is 177 g/mol. The van der Waals surface area contributed by atoms with Crippen LogP contribution in [0.15, 0.2) is 30.8 Å². The van der Waals surface area contributed by atoms with Crippen molar-refractivity contribution in [2.45, 2.75) is 12.5 Å². The van der Waals surface area contributed by atoms with E-state index in [2.05, 4.69) is 6.58 Å². The van der Waals surface area contributed by atoms with Crippen molar-refractivity contribution in [1.29, 1.82) is 0 Å². The predicted octanol–water partition coefficient (Wildman–Crippen LogP) is 1.50. The molecule has 0 unspecified atom stereocenters. The van der Waals surface area contributed by atoms with E-state index >= 15 is 0 Å². The van der Waals surface area contributed by atoms with Gasteiger partial charge in [-0.25, -0.2) is 0 Å². The molecule has 0 amide bonds. The molecule has 3 N–H and O–H groups in total. The first kappa shape index (κ1) is 9.96. The van der Waals surface area contributed by atoms with Crippen LogP contribution in [0.3, 0.4) is 0 Å². The molecule has 0 aromatic heterocycles. The number of hydrogen-bond acceptors (Lipinski definition) is 2. The van der Waals surface area contributed by atoms with Crippen LogP contribution in [0.5, 0.6) is 0 Å². The molecular weight excluding hydrogens is 162 g/mol. The highest BCUT2D eigenvalue weighted by molar-refractivity contribution is 5.48. The highest BCUT2D eigenvalue weighted by Crippen LogP contribution is 2.18. The fourth-order valence-corrected chi connectivity index (χ4v) is 1.11. The lowest BCUT2D eigenvalue weighted by molar-refractivity contribution is 0.210. The Morgan fingerprint density at radius 3 is 2.85 bits per heavy atom. The van der Waals surface area contributed by atoms with Crippen LogP contribution in [0.1, 0.15) is 18.1 Å². The second kappa shape index (κ2) is 3.73. The molecule has 0 saturated heterocycles. The molecule has 0 radical (unpaired) electrons. The molecule has 0 saturated carbocycles. The lowest BCUT2D eigenvalue weighted by Gasteiger charge is -2.22. The van der Waals surface area contributed by atoms with Gasteiger partial charge in [-0.15, -0.1) is 0 Å². The van der Waals surface area contributed by atoms with Crippen LogP contribution >= 0.6 is 0 Å². The molecule has 0 bridgehead atoms. The van der Waals surface area contributed by atoms with E-state index in [9.17, 15) is 0 Å². The number of hydrogen-bond donors (Lipinski definition) is 2. The van der Waals surface area contributed by atoms with Gasteiger partial charge < -0.3 is 10.8 Å². The van der Waals surface area contributed by atoms with Gasteiger partial charge in [0, 0.05) is 0 Å². The molecule has 1 atom stereocenters. The molecule has 70 valence electrons. The molecule has 13 heavy (non-hydrogen) atoms. The number of nitrogens with two attached hydrogens (primary N) is 1. The van der Waals surface area contributed by atoms with Crippen molar-refractivity contribution in [1.82, 2.24) is 0 Å². The summed E-state index contributed by atoms with van der Waals surface area (Å²) < 4.78 is 0. The van der Waals surface area contributed by atoms with Crippen molar-refractivity contribution in [3.63, 3.8) is 0 Å². The molecule has 2 heteroatoms. The van der Waals surface area contributed by atoms with E-state index in [1.807, 2.05) is 24.3 Å². The molecule has 1 aromatic carbocycles. The fourth-order valence-electron chi connectivity index (χ4n) is 1.11. The number of rotatable bonds is 3. The summed E-state index contributed by atoms with van der Waals surface area (Å²) >= 11 is 0. The second-order valence-electron chi connectivity index (χ2n) is 3.41. The predicted molar refractivity (Wildman–Crippen MR) is 55.2 cm³/mol. The first-order valence-electron chi connectivity index (χ1n) is 4.23. The SMILES string of the molecule is C=Cc1cccc([C@@](C)(N)CO)c1. The van der Waals surface area contributed by atoms with Gasteiger partial charge in [-0.1, -0.05) is 30.9 Å². The van der Waals surface area contributed by atoms with Crippen LogP contribution in [0.4, 0.5) is 0 Å². The van der Waals surface area contributed by atoms with E-state index in [0.29, 0.717) is 0 Å². The van der Waals surface area contributed by atoms with Crippen LogP contribution in [-0.2, 0) is 5.54 Å². The van der Waals surface area contributed by atoms with Crippen LogP contribution in [0.2, 0.25) is 0 Å². The maximum Gasteiger partial charge on any atom is 0.0650 e. The van der Waals surface area contributed by atoms with Gasteiger partial charge in [0.25, 0.3) is 0 Å². The second-order valence-corrected chi connectivity index (χ2v) is 3.41. The first-order chi connectivity index (χ1) is 6.10. The Balaban J connectivity index is 3.08. The third-order valence-corrected chi connectivity index (χ3v) is 2.11. The minimum Gasteiger partial charge on any atom is -0.394 e. The van der Waals surface area contributed by atoms with Gasteiger partial charge in [0.05, 0.1) is 12.1 Å². The highest BCUT2D eigenvalue weighted by Gasteiger charge is 2.19. The normalized spacial score (nSPS) is 15.0. The molecule has 0 heterocycles. The molecule has 2 nitrogen and oxygen atoms in total. The van der Waals surface area contributed by atoms with Crippen LogP contribution in [-0.4, -0.2) is 11.7 Å². The number of benzene rings is 1. The maximum absolute atomic E-state index is 9.06. The maximum atomic E-state index is 9.06. The van der Waals surface area contributed by atoms with Crippen molar-refractivity contribution >= 4 is 6.08 Å². The largest absolute Gasteiger partial charge is 0.394 e. The number of aliphatic hydroxyl groups excluding tert-OH is 1. The zero-order valence-electron chi connectivity index (χ0n) is 7.83. The minimum absolute atomic E-state index is 0.0619. The molecule has 0 aliphatic rings. The molecular formula is C11H15NO. The van der Waals surface area contributed by atoms with E-state index in [4.69, 9.17) is 10.8 Å². The third-order valence-electron chi connectivity index (χ3n) is 2.11. The third kappa shape index (κ3) is 2.17. The van der Waals surface area contributed by atoms with E-state index < -0.39 is 5.54 Å². The Labute approximate surface area is 78.7 Å². The highest BCUT2D eigenvalue weighted by atomic mass is 16.3. The molecule has 0 aliphatic carbocycles. The van der Waals surface area contributed by atoms with Gasteiger partial charge in [-0.3, -0.25) is 0 Å². The Bertz CT molecular complexity index is 305. The quantitative estimate of drug-likeness (QED) is 0.735. The molecule has 1 aromatic rings. The summed E-state index contributed by atoms with van der Waals surface area (Å²) in [6.45, 7) is 5.42. The molecule has 0 aliphatic heterocycles. The zero-order chi connectivity index (χ0) is 9.90. The summed E-state index contributed by atoms with van der Waals surface area (Å²) in [6.07, 6.45) is 1.76. The van der Waals surface area contributed by atoms with Gasteiger partial charge in [-0.2, -0.15) is 0 Å². The molecule has 0 fully saturated rings. The topological polar surface area (TPSA) is 46.2 Å². The van der Waals surface area contributed by atoms with Crippen molar-refractivity contribution < 1.29 is 5.11 Å².